The van der Waals surface area contributed by atoms with E-state index in [9.17, 15) is 4.79 Å². The van der Waals surface area contributed by atoms with Crippen LogP contribution in [0.4, 0.5) is 5.69 Å². The third kappa shape index (κ3) is 9.67. The van der Waals surface area contributed by atoms with E-state index in [1.54, 1.807) is 0 Å². The summed E-state index contributed by atoms with van der Waals surface area (Å²) in [5.41, 5.74) is 6.46. The number of carbonyl (C=O) groups excluding carboxylic acids is 1. The van der Waals surface area contributed by atoms with Gasteiger partial charge in [-0.15, -0.1) is 24.0 Å². The normalized spacial score (nSPS) is 11.0. The van der Waals surface area contributed by atoms with E-state index in [1.165, 1.54) is 0 Å². The standard InChI is InChI=1S/C14H21BrN4O.HI/c1-10(2)9-18-14(16)17-8-7-13(20)19-12-5-3-11(15)4-6-12;/h3-6,10H,7-9H2,1-2H3,(H,19,20)(H3,16,17,18);1H. The Morgan fingerprint density at radius 3 is 2.52 bits per heavy atom. The third-order valence-corrected chi connectivity index (χ3v) is 2.94. The Morgan fingerprint density at radius 1 is 1.33 bits per heavy atom. The maximum atomic E-state index is 11.7. The van der Waals surface area contributed by atoms with Crippen LogP contribution in [0, 0.1) is 5.92 Å². The van der Waals surface area contributed by atoms with Crippen molar-refractivity contribution >= 4 is 57.5 Å². The van der Waals surface area contributed by atoms with Gasteiger partial charge in [-0.1, -0.05) is 29.8 Å². The van der Waals surface area contributed by atoms with Crippen molar-refractivity contribution in [1.82, 2.24) is 5.32 Å². The highest BCUT2D eigenvalue weighted by Gasteiger charge is 2.02. The molecular weight excluding hydrogens is 447 g/mol. The van der Waals surface area contributed by atoms with Gasteiger partial charge in [-0.25, -0.2) is 0 Å². The van der Waals surface area contributed by atoms with Crippen molar-refractivity contribution in [2.24, 2.45) is 16.6 Å². The van der Waals surface area contributed by atoms with Gasteiger partial charge < -0.3 is 16.4 Å². The van der Waals surface area contributed by atoms with Crippen molar-refractivity contribution in [2.75, 3.05) is 18.4 Å². The number of nitrogens with zero attached hydrogens (tertiary/aromatic N) is 1. The van der Waals surface area contributed by atoms with Crippen LogP contribution in [-0.4, -0.2) is 25.0 Å². The van der Waals surface area contributed by atoms with E-state index in [0.717, 1.165) is 10.2 Å². The van der Waals surface area contributed by atoms with Gasteiger partial charge in [-0.05, 0) is 30.2 Å². The third-order valence-electron chi connectivity index (χ3n) is 2.41. The average Bonchev–Trinajstić information content (AvgIpc) is 2.39. The molecule has 1 aromatic rings. The van der Waals surface area contributed by atoms with Crippen LogP contribution in [0.2, 0.25) is 0 Å². The van der Waals surface area contributed by atoms with E-state index in [0.29, 0.717) is 31.4 Å². The Bertz CT molecular complexity index is 463. The number of guanidine groups is 1. The van der Waals surface area contributed by atoms with Crippen LogP contribution in [0.3, 0.4) is 0 Å². The van der Waals surface area contributed by atoms with E-state index in [-0.39, 0.29) is 29.9 Å². The molecule has 7 heteroatoms. The fraction of sp³-hybridized carbons (Fsp3) is 0.429. The Hall–Kier alpha value is -0.830. The number of anilines is 1. The second-order valence-corrected chi connectivity index (χ2v) is 5.77. The summed E-state index contributed by atoms with van der Waals surface area (Å²) in [4.78, 5) is 15.9. The predicted molar refractivity (Wildman–Crippen MR) is 102 cm³/mol. The smallest absolute Gasteiger partial charge is 0.226 e. The number of carbonyl (C=O) groups is 1. The van der Waals surface area contributed by atoms with Gasteiger partial charge >= 0.3 is 0 Å². The summed E-state index contributed by atoms with van der Waals surface area (Å²) < 4.78 is 0.978. The molecule has 1 aromatic carbocycles. The zero-order chi connectivity index (χ0) is 15.0. The Labute approximate surface area is 151 Å². The van der Waals surface area contributed by atoms with Crippen molar-refractivity contribution in [3.05, 3.63) is 28.7 Å². The largest absolute Gasteiger partial charge is 0.370 e. The number of benzene rings is 1. The second kappa shape index (κ2) is 10.8. The molecule has 118 valence electrons. The van der Waals surface area contributed by atoms with Crippen LogP contribution in [-0.2, 0) is 4.79 Å². The Morgan fingerprint density at radius 2 is 1.95 bits per heavy atom. The molecule has 0 aliphatic rings. The number of halogens is 2. The van der Waals surface area contributed by atoms with Crippen LogP contribution in [0.25, 0.3) is 0 Å². The molecule has 1 amide bonds. The molecule has 0 aromatic heterocycles. The number of nitrogens with two attached hydrogens (primary N) is 1. The van der Waals surface area contributed by atoms with Gasteiger partial charge in [0, 0.05) is 29.7 Å². The highest BCUT2D eigenvalue weighted by atomic mass is 127. The zero-order valence-electron chi connectivity index (χ0n) is 12.2. The summed E-state index contributed by atoms with van der Waals surface area (Å²) in [6, 6.07) is 7.44. The van der Waals surface area contributed by atoms with Crippen LogP contribution in [0.15, 0.2) is 33.7 Å². The summed E-state index contributed by atoms with van der Waals surface area (Å²) in [5, 5.41) is 5.74. The maximum Gasteiger partial charge on any atom is 0.226 e. The lowest BCUT2D eigenvalue weighted by atomic mass is 10.2. The number of amides is 1. The lowest BCUT2D eigenvalue weighted by molar-refractivity contribution is -0.116. The first-order chi connectivity index (χ1) is 9.47. The monoisotopic (exact) mass is 468 g/mol. The molecule has 21 heavy (non-hydrogen) atoms. The molecule has 0 fully saturated rings. The Kier molecular flexibility index (Phi) is 10.4. The maximum absolute atomic E-state index is 11.7. The van der Waals surface area contributed by atoms with E-state index in [4.69, 9.17) is 5.73 Å². The highest BCUT2D eigenvalue weighted by molar-refractivity contribution is 14.0. The number of rotatable bonds is 6. The molecule has 4 N–H and O–H groups in total. The molecule has 0 saturated carbocycles. The molecular formula is C14H22BrIN4O. The molecule has 0 aliphatic carbocycles. The van der Waals surface area contributed by atoms with Crippen molar-refractivity contribution in [1.29, 1.82) is 0 Å². The molecule has 0 unspecified atom stereocenters. The first kappa shape index (κ1) is 20.2. The van der Waals surface area contributed by atoms with E-state index >= 15 is 0 Å². The SMILES string of the molecule is CC(C)CN=C(N)NCCC(=O)Nc1ccc(Br)cc1.I. The molecule has 0 aliphatic heterocycles. The number of hydrogen-bond donors (Lipinski definition) is 3. The van der Waals surface area contributed by atoms with Crippen molar-refractivity contribution in [2.45, 2.75) is 20.3 Å². The molecule has 1 rings (SSSR count). The van der Waals surface area contributed by atoms with Gasteiger partial charge in [0.1, 0.15) is 0 Å². The first-order valence-corrected chi connectivity index (χ1v) is 7.36. The second-order valence-electron chi connectivity index (χ2n) is 4.85. The van der Waals surface area contributed by atoms with E-state index in [1.807, 2.05) is 24.3 Å². The highest BCUT2D eigenvalue weighted by Crippen LogP contribution is 2.14. The molecule has 0 atom stereocenters. The van der Waals surface area contributed by atoms with Gasteiger partial charge in [-0.3, -0.25) is 9.79 Å². The predicted octanol–water partition coefficient (Wildman–Crippen LogP) is 2.96. The molecule has 0 bridgehead atoms. The zero-order valence-corrected chi connectivity index (χ0v) is 16.1. The Balaban J connectivity index is 0.00000400. The van der Waals surface area contributed by atoms with Gasteiger partial charge in [0.2, 0.25) is 5.91 Å². The topological polar surface area (TPSA) is 79.5 Å². The minimum Gasteiger partial charge on any atom is -0.370 e. The lowest BCUT2D eigenvalue weighted by Gasteiger charge is -2.07. The van der Waals surface area contributed by atoms with Gasteiger partial charge in [0.25, 0.3) is 0 Å². The first-order valence-electron chi connectivity index (χ1n) is 6.56. The molecule has 0 radical (unpaired) electrons. The summed E-state index contributed by atoms with van der Waals surface area (Å²) in [5.74, 6) is 0.794. The summed E-state index contributed by atoms with van der Waals surface area (Å²) in [6.07, 6.45) is 0.341. The van der Waals surface area contributed by atoms with Crippen LogP contribution >= 0.6 is 39.9 Å². The fourth-order valence-corrected chi connectivity index (χ4v) is 1.66. The van der Waals surface area contributed by atoms with Crippen LogP contribution < -0.4 is 16.4 Å². The number of aliphatic imine (C=N–C) groups is 1. The number of hydrogen-bond acceptors (Lipinski definition) is 2. The minimum atomic E-state index is -0.0588. The summed E-state index contributed by atoms with van der Waals surface area (Å²) in [7, 11) is 0. The number of nitrogens with one attached hydrogen (secondary N) is 2. The molecule has 0 spiro atoms. The van der Waals surface area contributed by atoms with Crippen LogP contribution in [0.5, 0.6) is 0 Å². The van der Waals surface area contributed by atoms with Crippen molar-refractivity contribution in [3.63, 3.8) is 0 Å². The van der Waals surface area contributed by atoms with Gasteiger partial charge in [-0.2, -0.15) is 0 Å². The lowest BCUT2D eigenvalue weighted by Crippen LogP contribution is -2.34. The van der Waals surface area contributed by atoms with E-state index < -0.39 is 0 Å². The molecule has 0 saturated heterocycles. The van der Waals surface area contributed by atoms with E-state index in [2.05, 4.69) is 45.4 Å². The fourth-order valence-electron chi connectivity index (χ4n) is 1.40. The van der Waals surface area contributed by atoms with Crippen molar-refractivity contribution < 1.29 is 4.79 Å². The summed E-state index contributed by atoms with van der Waals surface area (Å²) >= 11 is 3.34. The van der Waals surface area contributed by atoms with Gasteiger partial charge in [0.15, 0.2) is 5.96 Å². The molecule has 0 heterocycles. The quantitative estimate of drug-likeness (QED) is 0.341. The molecule has 5 nitrogen and oxygen atoms in total. The minimum absolute atomic E-state index is 0. The van der Waals surface area contributed by atoms with Crippen molar-refractivity contribution in [3.8, 4) is 0 Å². The van der Waals surface area contributed by atoms with Gasteiger partial charge in [0.05, 0.1) is 0 Å². The summed E-state index contributed by atoms with van der Waals surface area (Å²) in [6.45, 7) is 5.30. The average molecular weight is 469 g/mol. The van der Waals surface area contributed by atoms with Crippen LogP contribution in [0.1, 0.15) is 20.3 Å².